The van der Waals surface area contributed by atoms with E-state index in [1.165, 1.54) is 0 Å². The lowest BCUT2D eigenvalue weighted by Crippen LogP contribution is -2.05. The second-order valence-electron chi connectivity index (χ2n) is 5.80. The topological polar surface area (TPSA) is 64.4 Å². The normalized spacial score (nSPS) is 11.3. The molecule has 1 heterocycles. The third-order valence-corrected chi connectivity index (χ3v) is 4.13. The van der Waals surface area contributed by atoms with Crippen LogP contribution >= 0.6 is 11.6 Å². The molecule has 3 rings (SSSR count). The van der Waals surface area contributed by atoms with Crippen molar-refractivity contribution in [2.24, 2.45) is 0 Å². The molecule has 1 aromatic heterocycles. The molecule has 3 aromatic rings. The number of hydrogen-bond donors (Lipinski definition) is 1. The standard InChI is InChI=1S/C21H19ClN2O3/c1-3-26-16-10-8-15(9-11-16)23-13-18(20-12-14(2)24-27-20)21(25)17-6-4-5-7-19(17)22/h4-13,23H,3H2,1-2H3/b18-13-. The molecule has 0 saturated carbocycles. The molecule has 6 heteroatoms. The lowest BCUT2D eigenvalue weighted by atomic mass is 10.0. The minimum absolute atomic E-state index is 0.254. The second kappa shape index (κ2) is 8.56. The summed E-state index contributed by atoms with van der Waals surface area (Å²) in [5, 5.41) is 7.38. The van der Waals surface area contributed by atoms with Gasteiger partial charge in [0.2, 0.25) is 0 Å². The highest BCUT2D eigenvalue weighted by Crippen LogP contribution is 2.25. The van der Waals surface area contributed by atoms with Crippen LogP contribution in [0.4, 0.5) is 5.69 Å². The molecule has 0 unspecified atom stereocenters. The van der Waals surface area contributed by atoms with Gasteiger partial charge in [0.05, 0.1) is 22.9 Å². The summed E-state index contributed by atoms with van der Waals surface area (Å²) in [4.78, 5) is 13.0. The zero-order valence-electron chi connectivity index (χ0n) is 15.0. The fourth-order valence-corrected chi connectivity index (χ4v) is 2.72. The average Bonchev–Trinajstić information content (AvgIpc) is 3.10. The van der Waals surface area contributed by atoms with Crippen molar-refractivity contribution in [3.8, 4) is 5.75 Å². The monoisotopic (exact) mass is 382 g/mol. The van der Waals surface area contributed by atoms with Gasteiger partial charge < -0.3 is 14.6 Å². The van der Waals surface area contributed by atoms with Gasteiger partial charge in [-0.05, 0) is 50.2 Å². The number of carbonyl (C=O) groups is 1. The van der Waals surface area contributed by atoms with Crippen molar-refractivity contribution in [1.29, 1.82) is 0 Å². The van der Waals surface area contributed by atoms with Gasteiger partial charge >= 0.3 is 0 Å². The summed E-state index contributed by atoms with van der Waals surface area (Å²) in [5.74, 6) is 0.899. The highest BCUT2D eigenvalue weighted by Gasteiger charge is 2.20. The molecule has 0 aliphatic rings. The minimum atomic E-state index is -0.254. The molecule has 1 N–H and O–H groups in total. The summed E-state index contributed by atoms with van der Waals surface area (Å²) in [7, 11) is 0. The molecule has 2 aromatic carbocycles. The van der Waals surface area contributed by atoms with Gasteiger partial charge in [0.1, 0.15) is 5.75 Å². The lowest BCUT2D eigenvalue weighted by molar-refractivity contribution is 0.105. The molecule has 0 aliphatic carbocycles. The Balaban J connectivity index is 1.91. The maximum Gasteiger partial charge on any atom is 0.199 e. The molecule has 138 valence electrons. The molecule has 0 spiro atoms. The second-order valence-corrected chi connectivity index (χ2v) is 6.21. The van der Waals surface area contributed by atoms with Crippen LogP contribution in [0.3, 0.4) is 0 Å². The quantitative estimate of drug-likeness (QED) is 0.439. The molecular weight excluding hydrogens is 364 g/mol. The summed E-state index contributed by atoms with van der Waals surface area (Å²) in [6.07, 6.45) is 1.60. The highest BCUT2D eigenvalue weighted by molar-refractivity contribution is 6.38. The van der Waals surface area contributed by atoms with E-state index in [2.05, 4.69) is 10.5 Å². The number of benzene rings is 2. The van der Waals surface area contributed by atoms with Gasteiger partial charge in [0.15, 0.2) is 11.5 Å². The number of aryl methyl sites for hydroxylation is 1. The number of allylic oxidation sites excluding steroid dienone is 1. The Morgan fingerprint density at radius 3 is 2.59 bits per heavy atom. The molecular formula is C21H19ClN2O3. The van der Waals surface area contributed by atoms with Crippen molar-refractivity contribution in [2.45, 2.75) is 13.8 Å². The molecule has 0 aliphatic heterocycles. The molecule has 0 saturated heterocycles. The summed E-state index contributed by atoms with van der Waals surface area (Å²) in [6.45, 7) is 4.33. The van der Waals surface area contributed by atoms with Gasteiger partial charge in [0.25, 0.3) is 0 Å². The van der Waals surface area contributed by atoms with Crippen molar-refractivity contribution in [3.05, 3.63) is 82.8 Å². The van der Waals surface area contributed by atoms with Crippen molar-refractivity contribution >= 4 is 28.6 Å². The first-order valence-electron chi connectivity index (χ1n) is 8.51. The van der Waals surface area contributed by atoms with E-state index in [1.807, 2.05) is 31.2 Å². The van der Waals surface area contributed by atoms with E-state index in [-0.39, 0.29) is 5.78 Å². The predicted molar refractivity (Wildman–Crippen MR) is 106 cm³/mol. The molecule has 27 heavy (non-hydrogen) atoms. The Kier molecular flexibility index (Phi) is 5.94. The molecule has 0 radical (unpaired) electrons. The van der Waals surface area contributed by atoms with Crippen LogP contribution in [0.5, 0.6) is 5.75 Å². The van der Waals surface area contributed by atoms with E-state index < -0.39 is 0 Å². The van der Waals surface area contributed by atoms with E-state index in [0.29, 0.717) is 34.2 Å². The largest absolute Gasteiger partial charge is 0.494 e. The first-order chi connectivity index (χ1) is 13.1. The van der Waals surface area contributed by atoms with Crippen LogP contribution in [-0.2, 0) is 0 Å². The summed E-state index contributed by atoms with van der Waals surface area (Å²) in [6, 6.07) is 16.1. The zero-order valence-corrected chi connectivity index (χ0v) is 15.8. The summed E-state index contributed by atoms with van der Waals surface area (Å²) in [5.41, 5.74) is 2.22. The van der Waals surface area contributed by atoms with Crippen molar-refractivity contribution in [1.82, 2.24) is 5.16 Å². The maximum absolute atomic E-state index is 13.0. The van der Waals surface area contributed by atoms with Crippen molar-refractivity contribution in [2.75, 3.05) is 11.9 Å². The predicted octanol–water partition coefficient (Wildman–Crippen LogP) is 5.37. The van der Waals surface area contributed by atoms with Gasteiger partial charge in [0, 0.05) is 23.5 Å². The first kappa shape index (κ1) is 18.7. The van der Waals surface area contributed by atoms with Gasteiger partial charge in [-0.1, -0.05) is 28.9 Å². The van der Waals surface area contributed by atoms with Crippen LogP contribution in [0.25, 0.3) is 5.57 Å². The van der Waals surface area contributed by atoms with Crippen LogP contribution in [0.1, 0.15) is 28.7 Å². The molecule has 0 atom stereocenters. The number of nitrogens with one attached hydrogen (secondary N) is 1. The third-order valence-electron chi connectivity index (χ3n) is 3.81. The number of Topliss-reactive ketones (excluding diaryl/α,β-unsaturated/α-hetero) is 1. The molecule has 0 amide bonds. The smallest absolute Gasteiger partial charge is 0.199 e. The van der Waals surface area contributed by atoms with Crippen molar-refractivity contribution < 1.29 is 14.1 Å². The van der Waals surface area contributed by atoms with E-state index in [4.69, 9.17) is 20.9 Å². The number of rotatable bonds is 7. The van der Waals surface area contributed by atoms with Crippen LogP contribution in [-0.4, -0.2) is 17.5 Å². The fraction of sp³-hybridized carbons (Fsp3) is 0.143. The minimum Gasteiger partial charge on any atom is -0.494 e. The third kappa shape index (κ3) is 4.57. The number of carbonyl (C=O) groups excluding carboxylic acids is 1. The fourth-order valence-electron chi connectivity index (χ4n) is 2.50. The summed E-state index contributed by atoms with van der Waals surface area (Å²) >= 11 is 6.19. The van der Waals surface area contributed by atoms with E-state index in [0.717, 1.165) is 11.4 Å². The van der Waals surface area contributed by atoms with E-state index >= 15 is 0 Å². The van der Waals surface area contributed by atoms with Crippen LogP contribution in [0.2, 0.25) is 5.02 Å². The number of halogens is 1. The number of ether oxygens (including phenoxy) is 1. The average molecular weight is 383 g/mol. The Labute approximate surface area is 162 Å². The number of anilines is 1. The maximum atomic E-state index is 13.0. The molecule has 0 fully saturated rings. The van der Waals surface area contributed by atoms with Gasteiger partial charge in [-0.15, -0.1) is 0 Å². The van der Waals surface area contributed by atoms with Crippen LogP contribution in [0.15, 0.2) is 65.3 Å². The number of hydrogen-bond acceptors (Lipinski definition) is 5. The van der Waals surface area contributed by atoms with E-state index in [1.54, 1.807) is 43.5 Å². The molecule has 0 bridgehead atoms. The first-order valence-corrected chi connectivity index (χ1v) is 8.88. The van der Waals surface area contributed by atoms with Gasteiger partial charge in [-0.25, -0.2) is 0 Å². The Hall–Kier alpha value is -3.05. The summed E-state index contributed by atoms with van der Waals surface area (Å²) < 4.78 is 10.7. The van der Waals surface area contributed by atoms with E-state index in [9.17, 15) is 4.79 Å². The Morgan fingerprint density at radius 1 is 1.22 bits per heavy atom. The Bertz CT molecular complexity index is 962. The number of aromatic nitrogens is 1. The Morgan fingerprint density at radius 2 is 1.96 bits per heavy atom. The zero-order chi connectivity index (χ0) is 19.2. The highest BCUT2D eigenvalue weighted by atomic mass is 35.5. The number of ketones is 1. The van der Waals surface area contributed by atoms with Crippen LogP contribution < -0.4 is 10.1 Å². The van der Waals surface area contributed by atoms with Gasteiger partial charge in [-0.3, -0.25) is 4.79 Å². The SMILES string of the molecule is CCOc1ccc(N/C=C(\C(=O)c2ccccc2Cl)c2cc(C)no2)cc1. The van der Waals surface area contributed by atoms with Crippen LogP contribution in [0, 0.1) is 6.92 Å². The van der Waals surface area contributed by atoms with Gasteiger partial charge in [-0.2, -0.15) is 0 Å². The number of nitrogens with zero attached hydrogens (tertiary/aromatic N) is 1. The van der Waals surface area contributed by atoms with Crippen molar-refractivity contribution in [3.63, 3.8) is 0 Å². The lowest BCUT2D eigenvalue weighted by Gasteiger charge is -2.08. The molecule has 5 nitrogen and oxygen atoms in total.